The molecule has 2 aromatic heterocycles. The Labute approximate surface area is 132 Å². The zero-order valence-corrected chi connectivity index (χ0v) is 14.0. The first-order valence-electron chi connectivity index (χ1n) is 7.01. The van der Waals surface area contributed by atoms with E-state index in [1.165, 1.54) is 0 Å². The minimum atomic E-state index is 0.162. The van der Waals surface area contributed by atoms with Gasteiger partial charge in [-0.3, -0.25) is 4.79 Å². The largest absolute Gasteiger partial charge is 0.381 e. The highest BCUT2D eigenvalue weighted by Gasteiger charge is 2.34. The average molecular weight is 322 g/mol. The van der Waals surface area contributed by atoms with E-state index in [-0.39, 0.29) is 12.0 Å². The summed E-state index contributed by atoms with van der Waals surface area (Å²) in [6.07, 6.45) is 2.44. The third kappa shape index (κ3) is 3.07. The van der Waals surface area contributed by atoms with Crippen molar-refractivity contribution >= 4 is 28.5 Å². The fourth-order valence-corrected chi connectivity index (χ4v) is 4.33. The number of hydrogen-bond donors (Lipinski definition) is 0. The molecule has 0 saturated heterocycles. The van der Waals surface area contributed by atoms with E-state index in [4.69, 9.17) is 4.74 Å². The van der Waals surface area contributed by atoms with Gasteiger partial charge in [0.05, 0.1) is 33.8 Å². The normalized spacial score (nSPS) is 21.3. The van der Waals surface area contributed by atoms with E-state index >= 15 is 0 Å². The maximum atomic E-state index is 12.2. The molecule has 0 bridgehead atoms. The number of nitrogens with zero attached hydrogens (tertiary/aromatic N) is 2. The van der Waals surface area contributed by atoms with Crippen LogP contribution >= 0.6 is 22.7 Å². The van der Waals surface area contributed by atoms with Crippen molar-refractivity contribution in [1.29, 1.82) is 0 Å². The summed E-state index contributed by atoms with van der Waals surface area (Å²) in [5.41, 5.74) is 1.97. The van der Waals surface area contributed by atoms with E-state index < -0.39 is 0 Å². The monoisotopic (exact) mass is 322 g/mol. The Bertz CT molecular complexity index is 656. The van der Waals surface area contributed by atoms with Gasteiger partial charge in [0.2, 0.25) is 0 Å². The predicted molar refractivity (Wildman–Crippen MR) is 84.9 cm³/mol. The van der Waals surface area contributed by atoms with Gasteiger partial charge in [0.1, 0.15) is 10.8 Å². The van der Waals surface area contributed by atoms with Crippen molar-refractivity contribution in [1.82, 2.24) is 9.97 Å². The van der Waals surface area contributed by atoms with Crippen LogP contribution in [0, 0.1) is 19.8 Å². The molecule has 3 rings (SSSR count). The molecule has 0 aliphatic heterocycles. The molecule has 112 valence electrons. The van der Waals surface area contributed by atoms with Gasteiger partial charge in [-0.2, -0.15) is 0 Å². The molecule has 0 unspecified atom stereocenters. The van der Waals surface area contributed by atoms with Crippen LogP contribution in [0.4, 0.5) is 0 Å². The maximum absolute atomic E-state index is 12.2. The highest BCUT2D eigenvalue weighted by molar-refractivity contribution is 7.16. The molecule has 1 aliphatic carbocycles. The van der Waals surface area contributed by atoms with Gasteiger partial charge in [-0.15, -0.1) is 22.7 Å². The first-order chi connectivity index (χ1) is 10.1. The maximum Gasteiger partial charge on any atom is 0.142 e. The van der Waals surface area contributed by atoms with Crippen LogP contribution in [-0.4, -0.2) is 29.0 Å². The summed E-state index contributed by atoms with van der Waals surface area (Å²) in [6.45, 7) is 4.00. The molecule has 1 saturated carbocycles. The lowest BCUT2D eigenvalue weighted by Gasteiger charge is -2.32. The van der Waals surface area contributed by atoms with Crippen LogP contribution in [0.25, 0.3) is 10.6 Å². The minimum Gasteiger partial charge on any atom is -0.381 e. The van der Waals surface area contributed by atoms with Crippen LogP contribution in [0.3, 0.4) is 0 Å². The van der Waals surface area contributed by atoms with Crippen molar-refractivity contribution in [3.05, 3.63) is 21.1 Å². The van der Waals surface area contributed by atoms with Crippen LogP contribution < -0.4 is 0 Å². The predicted octanol–water partition coefficient (Wildman–Crippen LogP) is 3.42. The molecular weight excluding hydrogens is 304 g/mol. The molecule has 0 atom stereocenters. The summed E-state index contributed by atoms with van der Waals surface area (Å²) in [4.78, 5) is 22.3. The summed E-state index contributed by atoms with van der Waals surface area (Å²) in [6, 6.07) is 0. The summed E-state index contributed by atoms with van der Waals surface area (Å²) < 4.78 is 5.22. The molecule has 0 amide bonds. The van der Waals surface area contributed by atoms with E-state index in [1.807, 2.05) is 19.2 Å². The van der Waals surface area contributed by atoms with Gasteiger partial charge < -0.3 is 4.74 Å². The standard InChI is InChI=1S/C15H18N2O2S2/c1-8-15(21-9(2)16-8)12-7-20-14(17-12)6-13(18)10-4-11(5-10)19-3/h7,10-11H,4-6H2,1-3H3. The fraction of sp³-hybridized carbons (Fsp3) is 0.533. The Balaban J connectivity index is 1.66. The van der Waals surface area contributed by atoms with Gasteiger partial charge in [0, 0.05) is 18.4 Å². The van der Waals surface area contributed by atoms with E-state index in [2.05, 4.69) is 9.97 Å². The third-order valence-electron chi connectivity index (χ3n) is 3.90. The number of hydrogen-bond acceptors (Lipinski definition) is 6. The van der Waals surface area contributed by atoms with Gasteiger partial charge >= 0.3 is 0 Å². The summed E-state index contributed by atoms with van der Waals surface area (Å²) >= 11 is 3.22. The number of methoxy groups -OCH3 is 1. The van der Waals surface area contributed by atoms with E-state index in [9.17, 15) is 4.79 Å². The Morgan fingerprint density at radius 2 is 2.14 bits per heavy atom. The lowest BCUT2D eigenvalue weighted by molar-refractivity contribution is -0.129. The number of ether oxygens (including phenoxy) is 1. The molecule has 0 N–H and O–H groups in total. The molecule has 2 heterocycles. The first-order valence-corrected chi connectivity index (χ1v) is 8.70. The Morgan fingerprint density at radius 1 is 1.38 bits per heavy atom. The first kappa shape index (κ1) is 14.8. The molecule has 4 nitrogen and oxygen atoms in total. The van der Waals surface area contributed by atoms with Crippen LogP contribution in [0.1, 0.15) is 28.6 Å². The molecule has 0 aromatic carbocycles. The Kier molecular flexibility index (Phi) is 4.19. The number of ketones is 1. The summed E-state index contributed by atoms with van der Waals surface area (Å²) in [7, 11) is 1.71. The number of thiazole rings is 2. The van der Waals surface area contributed by atoms with Crippen molar-refractivity contribution in [3.8, 4) is 10.6 Å². The molecule has 6 heteroatoms. The quantitative estimate of drug-likeness (QED) is 0.846. The number of carbonyl (C=O) groups is 1. The van der Waals surface area contributed by atoms with E-state index in [0.717, 1.165) is 39.1 Å². The number of aryl methyl sites for hydroxylation is 2. The van der Waals surface area contributed by atoms with Gasteiger partial charge in [-0.25, -0.2) is 9.97 Å². The zero-order valence-electron chi connectivity index (χ0n) is 12.4. The minimum absolute atomic E-state index is 0.162. The van der Waals surface area contributed by atoms with Crippen molar-refractivity contribution in [2.75, 3.05) is 7.11 Å². The zero-order chi connectivity index (χ0) is 15.0. The van der Waals surface area contributed by atoms with E-state index in [0.29, 0.717) is 12.2 Å². The summed E-state index contributed by atoms with van der Waals surface area (Å²) in [5, 5.41) is 3.98. The molecule has 1 fully saturated rings. The molecular formula is C15H18N2O2S2. The molecule has 0 radical (unpaired) electrons. The highest BCUT2D eigenvalue weighted by Crippen LogP contribution is 2.33. The average Bonchev–Trinajstić information content (AvgIpc) is 2.94. The van der Waals surface area contributed by atoms with E-state index in [1.54, 1.807) is 29.8 Å². The smallest absolute Gasteiger partial charge is 0.142 e. The second kappa shape index (κ2) is 5.94. The SMILES string of the molecule is COC1CC(C(=O)Cc2nc(-c3sc(C)nc3C)cs2)C1. The lowest BCUT2D eigenvalue weighted by atomic mass is 9.78. The molecule has 21 heavy (non-hydrogen) atoms. The van der Waals surface area contributed by atoms with Gasteiger partial charge in [-0.1, -0.05) is 0 Å². The lowest BCUT2D eigenvalue weighted by Crippen LogP contribution is -2.36. The molecule has 0 spiro atoms. The fourth-order valence-electron chi connectivity index (χ4n) is 2.58. The summed E-state index contributed by atoms with van der Waals surface area (Å²) in [5.74, 6) is 0.455. The Morgan fingerprint density at radius 3 is 2.76 bits per heavy atom. The molecule has 1 aliphatic rings. The van der Waals surface area contributed by atoms with Crippen molar-refractivity contribution in [3.63, 3.8) is 0 Å². The number of Topliss-reactive ketones (excluding diaryl/α,β-unsaturated/α-hetero) is 1. The molecule has 2 aromatic rings. The van der Waals surface area contributed by atoms with Crippen LogP contribution in [0.2, 0.25) is 0 Å². The third-order valence-corrected chi connectivity index (χ3v) is 5.84. The van der Waals surface area contributed by atoms with Crippen molar-refractivity contribution < 1.29 is 9.53 Å². The number of carbonyl (C=O) groups excluding carboxylic acids is 1. The van der Waals surface area contributed by atoms with Gasteiger partial charge in [0.15, 0.2) is 0 Å². The van der Waals surface area contributed by atoms with Gasteiger partial charge in [-0.05, 0) is 26.7 Å². The topological polar surface area (TPSA) is 52.1 Å². The number of aromatic nitrogens is 2. The second-order valence-corrected chi connectivity index (χ2v) is 7.59. The van der Waals surface area contributed by atoms with Crippen molar-refractivity contribution in [2.45, 2.75) is 39.2 Å². The van der Waals surface area contributed by atoms with Crippen LogP contribution in [0.5, 0.6) is 0 Å². The second-order valence-electron chi connectivity index (χ2n) is 5.44. The van der Waals surface area contributed by atoms with Crippen molar-refractivity contribution in [2.24, 2.45) is 5.92 Å². The number of rotatable bonds is 5. The van der Waals surface area contributed by atoms with Gasteiger partial charge in [0.25, 0.3) is 0 Å². The highest BCUT2D eigenvalue weighted by atomic mass is 32.1. The Hall–Kier alpha value is -1.11. The van der Waals surface area contributed by atoms with Crippen LogP contribution in [-0.2, 0) is 16.0 Å². The van der Waals surface area contributed by atoms with Crippen LogP contribution in [0.15, 0.2) is 5.38 Å².